The highest BCUT2D eigenvalue weighted by molar-refractivity contribution is 6.44. The van der Waals surface area contributed by atoms with Crippen molar-refractivity contribution in [2.45, 2.75) is 39.2 Å². The average molecular weight is 201 g/mol. The van der Waals surface area contributed by atoms with Gasteiger partial charge in [0.15, 0.2) is 0 Å². The summed E-state index contributed by atoms with van der Waals surface area (Å²) in [6.45, 7) is 5.48. The normalized spacial score (nSPS) is 10.3. The van der Waals surface area contributed by atoms with E-state index >= 15 is 0 Å². The second kappa shape index (κ2) is 9.71. The molecule has 0 saturated heterocycles. The minimum absolute atomic E-state index is 0.652. The molecule has 76 valence electrons. The largest absolute Gasteiger partial charge is 0.397 e. The number of hydrogen-bond donors (Lipinski definition) is 0. The quantitative estimate of drug-likeness (QED) is 0.445. The van der Waals surface area contributed by atoms with E-state index in [9.17, 15) is 0 Å². The summed E-state index contributed by atoms with van der Waals surface area (Å²) in [4.78, 5) is 0. The van der Waals surface area contributed by atoms with Crippen LogP contribution in [0.5, 0.6) is 0 Å². The lowest BCUT2D eigenvalue weighted by Crippen LogP contribution is -2.22. The summed E-state index contributed by atoms with van der Waals surface area (Å²) in [5.41, 5.74) is 0. The van der Waals surface area contributed by atoms with Crippen LogP contribution in [0.3, 0.4) is 0 Å². The first-order valence-corrected chi connectivity index (χ1v) is 6.71. The first kappa shape index (κ1) is 12.6. The summed E-state index contributed by atoms with van der Waals surface area (Å²) < 4.78 is 11.0. The smallest absolute Gasteiger partial charge is 0.321 e. The summed E-state index contributed by atoms with van der Waals surface area (Å²) in [7, 11) is -1.39. The molecule has 0 aromatic heterocycles. The minimum Gasteiger partial charge on any atom is -0.397 e. The van der Waals surface area contributed by atoms with Crippen molar-refractivity contribution >= 4 is 9.28 Å². The molecule has 0 radical (unpaired) electrons. The second-order valence-electron chi connectivity index (χ2n) is 2.74. The molecule has 4 heteroatoms. The summed E-state index contributed by atoms with van der Waals surface area (Å²) in [6, 6.07) is 3.17. The molecule has 3 nitrogen and oxygen atoms in total. The minimum atomic E-state index is -1.39. The second-order valence-corrected chi connectivity index (χ2v) is 4.85. The number of hydrogen-bond acceptors (Lipinski definition) is 3. The van der Waals surface area contributed by atoms with Crippen LogP contribution in [-0.4, -0.2) is 22.5 Å². The van der Waals surface area contributed by atoms with Crippen LogP contribution in [0.4, 0.5) is 0 Å². The van der Waals surface area contributed by atoms with Gasteiger partial charge < -0.3 is 8.85 Å². The molecule has 13 heavy (non-hydrogen) atoms. The molecule has 0 heterocycles. The van der Waals surface area contributed by atoms with Crippen molar-refractivity contribution in [2.75, 3.05) is 13.2 Å². The van der Waals surface area contributed by atoms with Gasteiger partial charge in [0.25, 0.3) is 0 Å². The van der Waals surface area contributed by atoms with E-state index in [1.54, 1.807) is 0 Å². The van der Waals surface area contributed by atoms with Gasteiger partial charge in [-0.1, -0.05) is 6.42 Å². The van der Waals surface area contributed by atoms with E-state index in [-0.39, 0.29) is 0 Å². The molecule has 0 aliphatic heterocycles. The van der Waals surface area contributed by atoms with Crippen molar-refractivity contribution in [3.8, 4) is 6.07 Å². The van der Waals surface area contributed by atoms with E-state index in [1.165, 1.54) is 0 Å². The topological polar surface area (TPSA) is 42.2 Å². The molecule has 0 rings (SSSR count). The lowest BCUT2D eigenvalue weighted by atomic mass is 10.3. The fourth-order valence-electron chi connectivity index (χ4n) is 1.10. The lowest BCUT2D eigenvalue weighted by Gasteiger charge is -2.13. The number of unbranched alkanes of at least 4 members (excludes halogenated alkanes) is 2. The molecular formula is C9H19NO2Si. The Morgan fingerprint density at radius 3 is 2.23 bits per heavy atom. The van der Waals surface area contributed by atoms with Crippen molar-refractivity contribution in [2.24, 2.45) is 0 Å². The van der Waals surface area contributed by atoms with Crippen LogP contribution in [0.1, 0.15) is 33.1 Å². The molecule has 0 aromatic rings. The fourth-order valence-corrected chi connectivity index (χ4v) is 2.90. The van der Waals surface area contributed by atoms with Crippen LogP contribution in [-0.2, 0) is 8.85 Å². The highest BCUT2D eigenvalue weighted by Crippen LogP contribution is 2.06. The Labute approximate surface area is 82.5 Å². The first-order chi connectivity index (χ1) is 6.35. The monoisotopic (exact) mass is 201 g/mol. The van der Waals surface area contributed by atoms with Gasteiger partial charge in [-0.05, 0) is 26.3 Å². The molecule has 0 aromatic carbocycles. The van der Waals surface area contributed by atoms with Crippen molar-refractivity contribution in [1.82, 2.24) is 0 Å². The molecule has 0 bridgehead atoms. The van der Waals surface area contributed by atoms with Gasteiger partial charge in [-0.15, -0.1) is 0 Å². The summed E-state index contributed by atoms with van der Waals surface area (Å²) in [5.74, 6) is 0. The predicted octanol–water partition coefficient (Wildman–Crippen LogP) is 1.97. The van der Waals surface area contributed by atoms with Crippen LogP contribution in [0.25, 0.3) is 0 Å². The van der Waals surface area contributed by atoms with Gasteiger partial charge in [0.05, 0.1) is 6.07 Å². The molecular weight excluding hydrogens is 182 g/mol. The maximum Gasteiger partial charge on any atom is 0.321 e. The van der Waals surface area contributed by atoms with Crippen LogP contribution < -0.4 is 0 Å². The third-order valence-electron chi connectivity index (χ3n) is 1.68. The molecule has 0 aliphatic rings. The fraction of sp³-hybridized carbons (Fsp3) is 0.889. The summed E-state index contributed by atoms with van der Waals surface area (Å²) in [6.07, 6.45) is 2.68. The molecule has 0 aliphatic carbocycles. The van der Waals surface area contributed by atoms with Crippen molar-refractivity contribution in [1.29, 1.82) is 5.26 Å². The van der Waals surface area contributed by atoms with Gasteiger partial charge in [0.2, 0.25) is 0 Å². The van der Waals surface area contributed by atoms with Gasteiger partial charge in [0, 0.05) is 19.6 Å². The van der Waals surface area contributed by atoms with Crippen LogP contribution in [0.15, 0.2) is 0 Å². The van der Waals surface area contributed by atoms with Gasteiger partial charge in [-0.25, -0.2) is 0 Å². The molecule has 0 unspecified atom stereocenters. The van der Waals surface area contributed by atoms with Crippen LogP contribution in [0.2, 0.25) is 6.04 Å². The molecule has 0 saturated carbocycles. The Kier molecular flexibility index (Phi) is 9.43. The van der Waals surface area contributed by atoms with E-state index in [0.717, 1.165) is 32.1 Å². The first-order valence-electron chi connectivity index (χ1n) is 4.95. The van der Waals surface area contributed by atoms with E-state index in [1.807, 2.05) is 13.8 Å². The van der Waals surface area contributed by atoms with E-state index < -0.39 is 9.28 Å². The Balaban J connectivity index is 3.39. The summed E-state index contributed by atoms with van der Waals surface area (Å²) >= 11 is 0. The Morgan fingerprint density at radius 1 is 1.15 bits per heavy atom. The Bertz CT molecular complexity index is 141. The SMILES string of the molecule is CCO[SiH](CCCCC#N)OCC. The Hall–Kier alpha value is -0.373. The van der Waals surface area contributed by atoms with E-state index in [4.69, 9.17) is 14.1 Å². The van der Waals surface area contributed by atoms with E-state index in [0.29, 0.717) is 6.42 Å². The molecule has 0 amide bonds. The van der Waals surface area contributed by atoms with Crippen molar-refractivity contribution in [3.05, 3.63) is 0 Å². The Morgan fingerprint density at radius 2 is 1.77 bits per heavy atom. The standard InChI is InChI=1S/C9H19NO2Si/c1-3-11-13(12-4-2)9-7-5-6-8-10/h13H,3-7,9H2,1-2H3. The zero-order valence-corrected chi connectivity index (χ0v) is 9.74. The lowest BCUT2D eigenvalue weighted by molar-refractivity contribution is 0.212. The summed E-state index contributed by atoms with van der Waals surface area (Å²) in [5, 5.41) is 8.34. The zero-order valence-electron chi connectivity index (χ0n) is 8.58. The van der Waals surface area contributed by atoms with Crippen molar-refractivity contribution < 1.29 is 8.85 Å². The molecule has 0 atom stereocenters. The van der Waals surface area contributed by atoms with Gasteiger partial charge in [0.1, 0.15) is 0 Å². The van der Waals surface area contributed by atoms with Crippen molar-refractivity contribution in [3.63, 3.8) is 0 Å². The van der Waals surface area contributed by atoms with Crippen LogP contribution in [0, 0.1) is 11.3 Å². The third-order valence-corrected chi connectivity index (χ3v) is 3.97. The molecule has 0 spiro atoms. The zero-order chi connectivity index (χ0) is 9.94. The highest BCUT2D eigenvalue weighted by Gasteiger charge is 2.10. The average Bonchev–Trinajstić information content (AvgIpc) is 2.13. The van der Waals surface area contributed by atoms with Gasteiger partial charge in [-0.2, -0.15) is 5.26 Å². The van der Waals surface area contributed by atoms with E-state index in [2.05, 4.69) is 6.07 Å². The number of nitriles is 1. The number of rotatable bonds is 8. The number of nitrogens with zero attached hydrogens (tertiary/aromatic N) is 1. The molecule has 0 N–H and O–H groups in total. The van der Waals surface area contributed by atoms with Gasteiger partial charge >= 0.3 is 9.28 Å². The van der Waals surface area contributed by atoms with Crippen LogP contribution >= 0.6 is 0 Å². The highest BCUT2D eigenvalue weighted by atomic mass is 28.3. The maximum atomic E-state index is 8.34. The molecule has 0 fully saturated rings. The third kappa shape index (κ3) is 7.97. The van der Waals surface area contributed by atoms with Gasteiger partial charge in [-0.3, -0.25) is 0 Å². The maximum absolute atomic E-state index is 8.34. The predicted molar refractivity (Wildman–Crippen MR) is 54.7 cm³/mol.